The van der Waals surface area contributed by atoms with Crippen LogP contribution in [0.3, 0.4) is 0 Å². The number of rotatable bonds is 3. The standard InChI is InChI=1S/C19H18FNO3/c20-16-4-1-13(2-5-16)9-19(22)21-8-7-15(11-21)14-3-6-17-18(10-14)24-12-23-17/h1-6,10,15H,7-9,11-12H2. The Morgan fingerprint density at radius 1 is 1.12 bits per heavy atom. The van der Waals surface area contributed by atoms with Gasteiger partial charge in [0.05, 0.1) is 6.42 Å². The number of fused-ring (bicyclic) bond motifs is 1. The van der Waals surface area contributed by atoms with Crippen molar-refractivity contribution in [1.29, 1.82) is 0 Å². The number of benzene rings is 2. The average molecular weight is 327 g/mol. The molecule has 2 aromatic rings. The van der Waals surface area contributed by atoms with E-state index in [2.05, 4.69) is 0 Å². The number of carbonyl (C=O) groups excluding carboxylic acids is 1. The van der Waals surface area contributed by atoms with Gasteiger partial charge in [0.2, 0.25) is 12.7 Å². The Hall–Kier alpha value is -2.56. The minimum Gasteiger partial charge on any atom is -0.454 e. The minimum atomic E-state index is -0.282. The second kappa shape index (κ2) is 6.15. The van der Waals surface area contributed by atoms with Crippen molar-refractivity contribution in [1.82, 2.24) is 4.90 Å². The quantitative estimate of drug-likeness (QED) is 0.869. The predicted octanol–water partition coefficient (Wildman–Crippen LogP) is 3.11. The number of hydrogen-bond donors (Lipinski definition) is 0. The summed E-state index contributed by atoms with van der Waals surface area (Å²) >= 11 is 0. The molecular formula is C19H18FNO3. The highest BCUT2D eigenvalue weighted by Gasteiger charge is 2.28. The molecule has 2 aliphatic heterocycles. The van der Waals surface area contributed by atoms with Crippen LogP contribution in [-0.4, -0.2) is 30.7 Å². The number of nitrogens with zero attached hydrogens (tertiary/aromatic N) is 1. The molecule has 0 bridgehead atoms. The van der Waals surface area contributed by atoms with E-state index in [-0.39, 0.29) is 18.5 Å². The molecule has 2 heterocycles. The summed E-state index contributed by atoms with van der Waals surface area (Å²) < 4.78 is 23.7. The van der Waals surface area contributed by atoms with E-state index in [9.17, 15) is 9.18 Å². The SMILES string of the molecule is O=C(Cc1ccc(F)cc1)N1CCC(c2ccc3c(c2)OCO3)C1. The molecule has 1 saturated heterocycles. The number of amides is 1. The van der Waals surface area contributed by atoms with E-state index >= 15 is 0 Å². The maximum atomic E-state index is 12.9. The first kappa shape index (κ1) is 15.0. The minimum absolute atomic E-state index is 0.0878. The normalized spacial score (nSPS) is 18.9. The van der Waals surface area contributed by atoms with Crippen LogP contribution >= 0.6 is 0 Å². The predicted molar refractivity (Wildman–Crippen MR) is 86.6 cm³/mol. The van der Waals surface area contributed by atoms with Crippen LogP contribution in [-0.2, 0) is 11.2 Å². The van der Waals surface area contributed by atoms with Crippen LogP contribution in [0, 0.1) is 5.82 Å². The molecule has 1 unspecified atom stereocenters. The van der Waals surface area contributed by atoms with Crippen molar-refractivity contribution in [2.75, 3.05) is 19.9 Å². The summed E-state index contributed by atoms with van der Waals surface area (Å²) in [6.45, 7) is 1.73. The van der Waals surface area contributed by atoms with Gasteiger partial charge >= 0.3 is 0 Å². The van der Waals surface area contributed by atoms with Crippen molar-refractivity contribution < 1.29 is 18.7 Å². The molecule has 0 aliphatic carbocycles. The van der Waals surface area contributed by atoms with Gasteiger partial charge in [-0.3, -0.25) is 4.79 Å². The Bertz CT molecular complexity index is 760. The Morgan fingerprint density at radius 2 is 1.92 bits per heavy atom. The second-order valence-corrected chi connectivity index (χ2v) is 6.24. The van der Waals surface area contributed by atoms with Gasteiger partial charge in [0.15, 0.2) is 11.5 Å². The maximum absolute atomic E-state index is 12.9. The van der Waals surface area contributed by atoms with Crippen LogP contribution in [0.15, 0.2) is 42.5 Å². The van der Waals surface area contributed by atoms with Gasteiger partial charge in [-0.1, -0.05) is 18.2 Å². The van der Waals surface area contributed by atoms with Crippen LogP contribution in [0.25, 0.3) is 0 Å². The van der Waals surface area contributed by atoms with Crippen molar-refractivity contribution in [2.24, 2.45) is 0 Å². The molecule has 1 amide bonds. The van der Waals surface area contributed by atoms with E-state index in [0.717, 1.165) is 30.0 Å². The van der Waals surface area contributed by atoms with Crippen LogP contribution in [0.1, 0.15) is 23.5 Å². The van der Waals surface area contributed by atoms with E-state index in [4.69, 9.17) is 9.47 Å². The Balaban J connectivity index is 1.40. The van der Waals surface area contributed by atoms with Crippen LogP contribution in [0.5, 0.6) is 11.5 Å². The molecule has 0 aromatic heterocycles. The molecule has 1 atom stereocenters. The molecule has 0 spiro atoms. The number of carbonyl (C=O) groups is 1. The largest absolute Gasteiger partial charge is 0.454 e. The molecule has 4 rings (SSSR count). The Labute approximate surface area is 139 Å². The number of halogens is 1. The van der Waals surface area contributed by atoms with Gasteiger partial charge in [0, 0.05) is 19.0 Å². The Morgan fingerprint density at radius 3 is 2.75 bits per heavy atom. The fraction of sp³-hybridized carbons (Fsp3) is 0.316. The van der Waals surface area contributed by atoms with Crippen molar-refractivity contribution in [3.05, 3.63) is 59.4 Å². The lowest BCUT2D eigenvalue weighted by Crippen LogP contribution is -2.29. The van der Waals surface area contributed by atoms with Crippen molar-refractivity contribution >= 4 is 5.91 Å². The third-order valence-corrected chi connectivity index (χ3v) is 4.68. The highest BCUT2D eigenvalue weighted by molar-refractivity contribution is 5.79. The molecule has 4 nitrogen and oxygen atoms in total. The van der Waals surface area contributed by atoms with E-state index in [1.807, 2.05) is 23.1 Å². The van der Waals surface area contributed by atoms with Gasteiger partial charge in [0.25, 0.3) is 0 Å². The van der Waals surface area contributed by atoms with Crippen molar-refractivity contribution in [3.63, 3.8) is 0 Å². The average Bonchev–Trinajstić information content (AvgIpc) is 3.25. The molecule has 24 heavy (non-hydrogen) atoms. The first-order valence-electron chi connectivity index (χ1n) is 8.11. The summed E-state index contributed by atoms with van der Waals surface area (Å²) in [5.41, 5.74) is 2.02. The maximum Gasteiger partial charge on any atom is 0.231 e. The monoisotopic (exact) mass is 327 g/mol. The molecule has 2 aliphatic rings. The van der Waals surface area contributed by atoms with E-state index in [1.54, 1.807) is 12.1 Å². The lowest BCUT2D eigenvalue weighted by molar-refractivity contribution is -0.129. The van der Waals surface area contributed by atoms with Gasteiger partial charge in [-0.05, 0) is 41.8 Å². The lowest BCUT2D eigenvalue weighted by Gasteiger charge is -2.17. The van der Waals surface area contributed by atoms with Gasteiger partial charge < -0.3 is 14.4 Å². The molecular weight excluding hydrogens is 309 g/mol. The summed E-state index contributed by atoms with van der Waals surface area (Å²) in [5, 5.41) is 0. The third kappa shape index (κ3) is 2.94. The zero-order valence-corrected chi connectivity index (χ0v) is 13.2. The van der Waals surface area contributed by atoms with Gasteiger partial charge in [-0.2, -0.15) is 0 Å². The zero-order valence-electron chi connectivity index (χ0n) is 13.2. The molecule has 0 radical (unpaired) electrons. The smallest absolute Gasteiger partial charge is 0.231 e. The van der Waals surface area contributed by atoms with Gasteiger partial charge in [-0.15, -0.1) is 0 Å². The fourth-order valence-electron chi connectivity index (χ4n) is 3.31. The summed E-state index contributed by atoms with van der Waals surface area (Å²) in [6.07, 6.45) is 1.25. The van der Waals surface area contributed by atoms with E-state index in [1.165, 1.54) is 17.7 Å². The number of likely N-dealkylation sites (tertiary alicyclic amines) is 1. The molecule has 0 N–H and O–H groups in total. The number of hydrogen-bond acceptors (Lipinski definition) is 3. The second-order valence-electron chi connectivity index (χ2n) is 6.24. The highest BCUT2D eigenvalue weighted by Crippen LogP contribution is 2.37. The van der Waals surface area contributed by atoms with E-state index < -0.39 is 0 Å². The topological polar surface area (TPSA) is 38.8 Å². The molecule has 1 fully saturated rings. The van der Waals surface area contributed by atoms with Gasteiger partial charge in [-0.25, -0.2) is 4.39 Å². The van der Waals surface area contributed by atoms with Crippen LogP contribution in [0.4, 0.5) is 4.39 Å². The highest BCUT2D eigenvalue weighted by atomic mass is 19.1. The molecule has 2 aromatic carbocycles. The zero-order chi connectivity index (χ0) is 16.5. The summed E-state index contributed by atoms with van der Waals surface area (Å²) in [7, 11) is 0. The summed E-state index contributed by atoms with van der Waals surface area (Å²) in [4.78, 5) is 14.3. The first-order valence-corrected chi connectivity index (χ1v) is 8.11. The molecule has 0 saturated carbocycles. The molecule has 5 heteroatoms. The summed E-state index contributed by atoms with van der Waals surface area (Å²) in [6, 6.07) is 12.1. The fourth-order valence-corrected chi connectivity index (χ4v) is 3.31. The van der Waals surface area contributed by atoms with Crippen molar-refractivity contribution in [2.45, 2.75) is 18.8 Å². The summed E-state index contributed by atoms with van der Waals surface area (Å²) in [5.74, 6) is 1.68. The number of ether oxygens (including phenoxy) is 2. The van der Waals surface area contributed by atoms with Crippen molar-refractivity contribution in [3.8, 4) is 11.5 Å². The molecule has 124 valence electrons. The van der Waals surface area contributed by atoms with E-state index in [0.29, 0.717) is 18.9 Å². The van der Waals surface area contributed by atoms with Gasteiger partial charge in [0.1, 0.15) is 5.82 Å². The Kier molecular flexibility index (Phi) is 3.84. The van der Waals surface area contributed by atoms with Crippen LogP contribution < -0.4 is 9.47 Å². The third-order valence-electron chi connectivity index (χ3n) is 4.68. The first-order chi connectivity index (χ1) is 11.7. The van der Waals surface area contributed by atoms with Crippen LogP contribution in [0.2, 0.25) is 0 Å². The lowest BCUT2D eigenvalue weighted by atomic mass is 9.98.